The number of rotatable bonds is 5. The Morgan fingerprint density at radius 3 is 2.67 bits per heavy atom. The smallest absolute Gasteiger partial charge is 0.269 e. The quantitative estimate of drug-likeness (QED) is 0.794. The molecule has 0 saturated heterocycles. The molecule has 6 heteroatoms. The fraction of sp³-hybridized carbons (Fsp3) is 0.333. The van der Waals surface area contributed by atoms with Gasteiger partial charge in [-0.15, -0.1) is 0 Å². The summed E-state index contributed by atoms with van der Waals surface area (Å²) in [6, 6.07) is 6.45. The number of amides is 1. The maximum atomic E-state index is 12.1. The Morgan fingerprint density at radius 2 is 2.10 bits per heavy atom. The minimum Gasteiger partial charge on any atom is -0.386 e. The van der Waals surface area contributed by atoms with Crippen molar-refractivity contribution in [3.05, 3.63) is 52.6 Å². The zero-order chi connectivity index (χ0) is 15.4. The number of aliphatic hydroxyl groups is 1. The molecule has 0 bridgehead atoms. The van der Waals surface area contributed by atoms with Crippen molar-refractivity contribution in [3.8, 4) is 0 Å². The second-order valence-electron chi connectivity index (χ2n) is 4.86. The summed E-state index contributed by atoms with van der Waals surface area (Å²) in [4.78, 5) is 19.1. The van der Waals surface area contributed by atoms with Gasteiger partial charge in [0.05, 0.1) is 18.3 Å². The molecule has 2 aromatic rings. The third-order valence-corrected chi connectivity index (χ3v) is 3.50. The number of carbonyl (C=O) groups is 1. The molecule has 5 nitrogen and oxygen atoms in total. The molecule has 0 saturated carbocycles. The number of imidazole rings is 1. The number of aromatic amines is 1. The van der Waals surface area contributed by atoms with E-state index in [9.17, 15) is 9.90 Å². The van der Waals surface area contributed by atoms with Gasteiger partial charge in [0.2, 0.25) is 0 Å². The lowest BCUT2D eigenvalue weighted by Gasteiger charge is -2.20. The van der Waals surface area contributed by atoms with Crippen LogP contribution in [0.4, 0.5) is 0 Å². The van der Waals surface area contributed by atoms with Gasteiger partial charge in [0, 0.05) is 11.4 Å². The van der Waals surface area contributed by atoms with Crippen molar-refractivity contribution in [1.82, 2.24) is 15.3 Å². The van der Waals surface area contributed by atoms with Crippen molar-refractivity contribution in [1.29, 1.82) is 0 Å². The summed E-state index contributed by atoms with van der Waals surface area (Å²) in [6.07, 6.45) is 1.42. The number of H-pyrrole nitrogens is 1. The number of benzene rings is 1. The molecule has 0 fully saturated rings. The average molecular weight is 308 g/mol. The van der Waals surface area contributed by atoms with E-state index >= 15 is 0 Å². The van der Waals surface area contributed by atoms with Crippen LogP contribution in [0.15, 0.2) is 30.5 Å². The molecular formula is C15H18ClN3O2. The Balaban J connectivity index is 2.01. The van der Waals surface area contributed by atoms with Gasteiger partial charge in [0.1, 0.15) is 11.5 Å². The van der Waals surface area contributed by atoms with Crippen LogP contribution in [0.25, 0.3) is 0 Å². The van der Waals surface area contributed by atoms with Gasteiger partial charge < -0.3 is 15.4 Å². The lowest BCUT2D eigenvalue weighted by molar-refractivity contribution is 0.0847. The number of aromatic nitrogens is 2. The number of halogens is 1. The summed E-state index contributed by atoms with van der Waals surface area (Å²) >= 11 is 5.81. The van der Waals surface area contributed by atoms with Crippen LogP contribution in [0.3, 0.4) is 0 Å². The minimum atomic E-state index is -0.806. The van der Waals surface area contributed by atoms with Crippen LogP contribution in [-0.4, -0.2) is 27.0 Å². The van der Waals surface area contributed by atoms with E-state index in [1.165, 1.54) is 6.20 Å². The molecular weight excluding hydrogens is 290 g/mol. The summed E-state index contributed by atoms with van der Waals surface area (Å²) in [6.45, 7) is 3.70. The molecule has 3 N–H and O–H groups in total. The SMILES string of the molecule is CCc1ncc(C(=O)NC(C)C(O)c2ccc(Cl)cc2)[nH]1. The number of aryl methyl sites for hydroxylation is 1. The van der Waals surface area contributed by atoms with Crippen molar-refractivity contribution < 1.29 is 9.90 Å². The van der Waals surface area contributed by atoms with Crippen molar-refractivity contribution >= 4 is 17.5 Å². The third-order valence-electron chi connectivity index (χ3n) is 3.25. The Kier molecular flexibility index (Phi) is 4.98. The predicted octanol–water partition coefficient (Wildman–Crippen LogP) is 2.48. The molecule has 0 aliphatic heterocycles. The van der Waals surface area contributed by atoms with E-state index < -0.39 is 12.1 Å². The Morgan fingerprint density at radius 1 is 1.43 bits per heavy atom. The van der Waals surface area contributed by atoms with E-state index in [2.05, 4.69) is 15.3 Å². The Hall–Kier alpha value is -1.85. The topological polar surface area (TPSA) is 78.0 Å². The average Bonchev–Trinajstić information content (AvgIpc) is 2.96. The highest BCUT2D eigenvalue weighted by molar-refractivity contribution is 6.30. The van der Waals surface area contributed by atoms with Crippen LogP contribution in [0.1, 0.15) is 41.8 Å². The van der Waals surface area contributed by atoms with Crippen molar-refractivity contribution in [3.63, 3.8) is 0 Å². The summed E-state index contributed by atoms with van der Waals surface area (Å²) in [5.74, 6) is 0.466. The molecule has 0 aliphatic carbocycles. The molecule has 0 aliphatic rings. The molecule has 21 heavy (non-hydrogen) atoms. The van der Waals surface area contributed by atoms with Crippen LogP contribution in [0.2, 0.25) is 5.02 Å². The predicted molar refractivity (Wildman–Crippen MR) is 81.3 cm³/mol. The fourth-order valence-corrected chi connectivity index (χ4v) is 2.10. The minimum absolute atomic E-state index is 0.289. The highest BCUT2D eigenvalue weighted by atomic mass is 35.5. The monoisotopic (exact) mass is 307 g/mol. The van der Waals surface area contributed by atoms with E-state index in [1.807, 2.05) is 6.92 Å². The van der Waals surface area contributed by atoms with E-state index in [0.717, 1.165) is 12.2 Å². The summed E-state index contributed by atoms with van der Waals surface area (Å²) < 4.78 is 0. The van der Waals surface area contributed by atoms with Gasteiger partial charge in [-0.05, 0) is 24.6 Å². The molecule has 2 atom stereocenters. The summed E-state index contributed by atoms with van der Waals surface area (Å²) in [5, 5.41) is 13.6. The highest BCUT2D eigenvalue weighted by Crippen LogP contribution is 2.19. The molecule has 112 valence electrons. The molecule has 0 radical (unpaired) electrons. The van der Waals surface area contributed by atoms with Gasteiger partial charge in [-0.25, -0.2) is 4.98 Å². The van der Waals surface area contributed by atoms with Crippen LogP contribution in [0, 0.1) is 0 Å². The van der Waals surface area contributed by atoms with Gasteiger partial charge in [0.25, 0.3) is 5.91 Å². The molecule has 1 amide bonds. The number of nitrogens with zero attached hydrogens (tertiary/aromatic N) is 1. The number of hydrogen-bond donors (Lipinski definition) is 3. The largest absolute Gasteiger partial charge is 0.386 e. The van der Waals surface area contributed by atoms with E-state index in [4.69, 9.17) is 11.6 Å². The van der Waals surface area contributed by atoms with Crippen molar-refractivity contribution in [2.75, 3.05) is 0 Å². The van der Waals surface area contributed by atoms with E-state index in [1.54, 1.807) is 31.2 Å². The van der Waals surface area contributed by atoms with E-state index in [-0.39, 0.29) is 5.91 Å². The molecule has 1 aromatic carbocycles. The van der Waals surface area contributed by atoms with Crippen LogP contribution < -0.4 is 5.32 Å². The lowest BCUT2D eigenvalue weighted by atomic mass is 10.0. The van der Waals surface area contributed by atoms with Crippen molar-refractivity contribution in [2.45, 2.75) is 32.4 Å². The zero-order valence-corrected chi connectivity index (χ0v) is 12.7. The number of aliphatic hydroxyl groups excluding tert-OH is 1. The van der Waals surface area contributed by atoms with Crippen LogP contribution >= 0.6 is 11.6 Å². The van der Waals surface area contributed by atoms with Gasteiger partial charge >= 0.3 is 0 Å². The normalized spacial score (nSPS) is 13.7. The first-order chi connectivity index (χ1) is 10.0. The van der Waals surface area contributed by atoms with Gasteiger partial charge in [0.15, 0.2) is 0 Å². The fourth-order valence-electron chi connectivity index (χ4n) is 1.97. The molecule has 2 unspecified atom stereocenters. The van der Waals surface area contributed by atoms with E-state index in [0.29, 0.717) is 16.3 Å². The first-order valence-corrected chi connectivity index (χ1v) is 7.17. The zero-order valence-electron chi connectivity index (χ0n) is 11.9. The molecule has 2 rings (SSSR count). The molecule has 1 aromatic heterocycles. The summed E-state index contributed by atoms with van der Waals surface area (Å²) in [7, 11) is 0. The maximum absolute atomic E-state index is 12.1. The first-order valence-electron chi connectivity index (χ1n) is 6.79. The van der Waals surface area contributed by atoms with Gasteiger partial charge in [-0.2, -0.15) is 0 Å². The second-order valence-corrected chi connectivity index (χ2v) is 5.29. The van der Waals surface area contributed by atoms with Crippen LogP contribution in [0.5, 0.6) is 0 Å². The van der Waals surface area contributed by atoms with Gasteiger partial charge in [-0.1, -0.05) is 30.7 Å². The highest BCUT2D eigenvalue weighted by Gasteiger charge is 2.20. The standard InChI is InChI=1S/C15H18ClN3O2/c1-3-13-17-8-12(19-13)15(21)18-9(2)14(20)10-4-6-11(16)7-5-10/h4-9,14,20H,3H2,1-2H3,(H,17,19)(H,18,21). The Bertz CT molecular complexity index is 610. The van der Waals surface area contributed by atoms with Crippen LogP contribution in [-0.2, 0) is 6.42 Å². The Labute approximate surface area is 128 Å². The lowest BCUT2D eigenvalue weighted by Crippen LogP contribution is -2.37. The third kappa shape index (κ3) is 3.83. The second kappa shape index (κ2) is 6.74. The number of nitrogens with one attached hydrogen (secondary N) is 2. The first kappa shape index (κ1) is 15.5. The number of carbonyl (C=O) groups excluding carboxylic acids is 1. The molecule has 1 heterocycles. The summed E-state index contributed by atoms with van der Waals surface area (Å²) in [5.41, 5.74) is 1.09. The molecule has 0 spiro atoms. The maximum Gasteiger partial charge on any atom is 0.269 e. The van der Waals surface area contributed by atoms with Crippen molar-refractivity contribution in [2.24, 2.45) is 0 Å². The number of hydrogen-bond acceptors (Lipinski definition) is 3. The van der Waals surface area contributed by atoms with Gasteiger partial charge in [-0.3, -0.25) is 4.79 Å².